The molecule has 0 bridgehead atoms. The first kappa shape index (κ1) is 89.3. The second kappa shape index (κ2) is 40.6. The molecule has 0 aromatic rings. The zero-order valence-electron chi connectivity index (χ0n) is 54.8. The zero-order chi connectivity index (χ0) is 70.0. The molecule has 0 N–H and O–H groups in total. The average molecular weight is 1310 g/mol. The van der Waals surface area contributed by atoms with Crippen molar-refractivity contribution in [2.45, 2.75) is 287 Å². The van der Waals surface area contributed by atoms with Crippen LogP contribution in [0.5, 0.6) is 0 Å². The molecule has 28 heteroatoms. The van der Waals surface area contributed by atoms with Crippen molar-refractivity contribution < 1.29 is 129 Å². The van der Waals surface area contributed by atoms with E-state index in [4.69, 9.17) is 18.9 Å². The summed E-state index contributed by atoms with van der Waals surface area (Å²) in [6, 6.07) is 0. The van der Waals surface area contributed by atoms with Gasteiger partial charge in [0.25, 0.3) is 0 Å². The Kier molecular flexibility index (Phi) is 41.2. The monoisotopic (exact) mass is 1300 g/mol. The summed E-state index contributed by atoms with van der Waals surface area (Å²) in [4.78, 5) is 92.4. The van der Waals surface area contributed by atoms with E-state index in [9.17, 15) is 91.0 Å². The highest BCUT2D eigenvalue weighted by Gasteiger charge is 2.37. The van der Waals surface area contributed by atoms with E-state index in [1.165, 1.54) is 0 Å². The van der Waals surface area contributed by atoms with Crippen LogP contribution in [0.4, 0.5) is 52.7 Å². The Morgan fingerprint density at radius 1 is 0.330 bits per heavy atom. The molecule has 0 radical (unpaired) electrons. The third kappa shape index (κ3) is 48.8. The molecule has 88 heavy (non-hydrogen) atoms. The molecule has 0 amide bonds. The molecule has 0 aliphatic rings. The van der Waals surface area contributed by atoms with E-state index < -0.39 is 108 Å². The van der Waals surface area contributed by atoms with Gasteiger partial charge < -0.3 is 37.9 Å². The molecule has 0 heterocycles. The molecule has 0 aliphatic carbocycles. The van der Waals surface area contributed by atoms with E-state index in [0.717, 1.165) is 0 Å². The van der Waals surface area contributed by atoms with Gasteiger partial charge in [0.2, 0.25) is 0 Å². The number of alkyl halides is 12. The third-order valence-corrected chi connectivity index (χ3v) is 13.9. The minimum atomic E-state index is -4.52. The second-order valence-corrected chi connectivity index (χ2v) is 24.4. The van der Waals surface area contributed by atoms with Crippen molar-refractivity contribution in [1.82, 2.24) is 0 Å². The van der Waals surface area contributed by atoms with Crippen LogP contribution in [-0.2, 0) is 76.3 Å². The molecule has 0 aromatic carbocycles. The van der Waals surface area contributed by atoms with Crippen LogP contribution in [0.3, 0.4) is 0 Å². The average Bonchev–Trinajstić information content (AvgIpc) is 3.40. The molecule has 0 aliphatic heterocycles. The van der Waals surface area contributed by atoms with Crippen LogP contribution in [0, 0.1) is 22.7 Å². The summed E-state index contributed by atoms with van der Waals surface area (Å²) in [7, 11) is 0. The number of carbonyl (C=O) groups is 8. The summed E-state index contributed by atoms with van der Waals surface area (Å²) in [6.07, 6.45) is -12.2. The van der Waals surface area contributed by atoms with E-state index in [1.54, 1.807) is 83.1 Å². The quantitative estimate of drug-likeness (QED) is 0.0333. The summed E-state index contributed by atoms with van der Waals surface area (Å²) >= 11 is 0. The fraction of sp³-hybridized carbons (Fsp3) is 0.867. The Balaban J connectivity index is -0.000000535. The highest BCUT2D eigenvalue weighted by atomic mass is 19.4. The molecular formula is C60H100F12O16. The molecule has 0 saturated carbocycles. The first-order valence-corrected chi connectivity index (χ1v) is 29.5. The van der Waals surface area contributed by atoms with Crippen molar-refractivity contribution >= 4 is 47.8 Å². The summed E-state index contributed by atoms with van der Waals surface area (Å²) in [5, 5.41) is 0. The van der Waals surface area contributed by atoms with Crippen molar-refractivity contribution in [3.05, 3.63) is 0 Å². The van der Waals surface area contributed by atoms with E-state index in [0.29, 0.717) is 77.0 Å². The lowest BCUT2D eigenvalue weighted by atomic mass is 9.89. The van der Waals surface area contributed by atoms with Crippen LogP contribution < -0.4 is 0 Å². The molecular weight excluding hydrogens is 1200 g/mol. The third-order valence-electron chi connectivity index (χ3n) is 13.9. The van der Waals surface area contributed by atoms with Crippen LogP contribution in [-0.4, -0.2) is 121 Å². The fourth-order valence-corrected chi connectivity index (χ4v) is 6.26. The number of ether oxygens (including phenoxy) is 8. The van der Waals surface area contributed by atoms with E-state index in [-0.39, 0.29) is 74.2 Å². The van der Waals surface area contributed by atoms with Gasteiger partial charge in [0.1, 0.15) is 22.4 Å². The Hall–Kier alpha value is -5.08. The van der Waals surface area contributed by atoms with Gasteiger partial charge in [-0.15, -0.1) is 0 Å². The summed E-state index contributed by atoms with van der Waals surface area (Å²) in [6.45, 7) is 25.9. The maximum Gasteiger partial charge on any atom is 0.422 e. The van der Waals surface area contributed by atoms with Crippen molar-refractivity contribution in [2.75, 3.05) is 26.4 Å². The standard InChI is InChI=1S/C16H27F3O4.2C15H25F3O4.C14H23F3O4/c1-6-14(3,4)13(21)23-15(5,7-2)10-8-9-12(20)22-11-16(17,18)19;1-6-13(2,3)12(20)22-14(4,5)9-7-8-11(19)21-10-15(16,17)18;1-5-11(3)13(20)22-14(4,6-2)9-7-8-12(19)21-10-15(16,17)18;1-5-10(2)12(19)21-13(3,4)8-6-7-11(18)20-9-14(15,16)17/h6-11H2,1-5H3;6-10H2,1-5H3;11H,5-10H2,1-4H3;10H,5-9H2,1-4H3. The van der Waals surface area contributed by atoms with Crippen molar-refractivity contribution in [3.8, 4) is 0 Å². The SMILES string of the molecule is CCC(C)(C)C(=O)OC(C)(C)CCCC(=O)OCC(F)(F)F.CCC(C)(CCCC(=O)OCC(F)(F)F)OC(=O)C(C)(C)CC.CCC(C)C(=O)OC(C)(C)CCCC(=O)OCC(F)(F)F.CCC(C)C(=O)OC(C)(CC)CCCC(=O)OCC(F)(F)F. The number of carbonyl (C=O) groups excluding carboxylic acids is 8. The van der Waals surface area contributed by atoms with Gasteiger partial charge in [-0.25, -0.2) is 0 Å². The highest BCUT2D eigenvalue weighted by Crippen LogP contribution is 2.32. The molecule has 16 nitrogen and oxygen atoms in total. The summed E-state index contributed by atoms with van der Waals surface area (Å²) in [5.41, 5.74) is -4.19. The number of halogens is 12. The molecule has 0 aromatic heterocycles. The zero-order valence-corrected chi connectivity index (χ0v) is 54.8. The van der Waals surface area contributed by atoms with Crippen molar-refractivity contribution in [3.63, 3.8) is 0 Å². The predicted octanol–water partition coefficient (Wildman–Crippen LogP) is 16.1. The molecule has 4 atom stereocenters. The maximum atomic E-state index is 12.1. The van der Waals surface area contributed by atoms with Gasteiger partial charge in [-0.3, -0.25) is 38.4 Å². The van der Waals surface area contributed by atoms with Gasteiger partial charge in [0, 0.05) is 25.7 Å². The van der Waals surface area contributed by atoms with Crippen LogP contribution in [0.25, 0.3) is 0 Å². The molecule has 520 valence electrons. The fourth-order valence-electron chi connectivity index (χ4n) is 6.26. The Morgan fingerprint density at radius 3 is 0.818 bits per heavy atom. The lowest BCUT2D eigenvalue weighted by Gasteiger charge is -2.32. The lowest BCUT2D eigenvalue weighted by Crippen LogP contribution is -2.37. The van der Waals surface area contributed by atoms with Gasteiger partial charge in [0.15, 0.2) is 26.4 Å². The Bertz CT molecular complexity index is 2090. The van der Waals surface area contributed by atoms with Crippen LogP contribution in [0.1, 0.15) is 240 Å². The Labute approximate surface area is 511 Å². The molecule has 0 rings (SSSR count). The van der Waals surface area contributed by atoms with Crippen molar-refractivity contribution in [1.29, 1.82) is 0 Å². The molecule has 0 saturated heterocycles. The van der Waals surface area contributed by atoms with Gasteiger partial charge >= 0.3 is 72.5 Å². The maximum absolute atomic E-state index is 12.1. The smallest absolute Gasteiger partial charge is 0.422 e. The summed E-state index contributed by atoms with van der Waals surface area (Å²) < 4.78 is 181. The molecule has 0 spiro atoms. The van der Waals surface area contributed by atoms with Crippen LogP contribution in [0.15, 0.2) is 0 Å². The molecule has 0 fully saturated rings. The predicted molar refractivity (Wildman–Crippen MR) is 300 cm³/mol. The van der Waals surface area contributed by atoms with Gasteiger partial charge in [-0.05, 0) is 159 Å². The normalized spacial score (nSPS) is 14.3. The minimum absolute atomic E-state index is 0.132. The first-order valence-electron chi connectivity index (χ1n) is 29.5. The largest absolute Gasteiger partial charge is 0.459 e. The number of rotatable bonds is 34. The number of esters is 8. The van der Waals surface area contributed by atoms with Crippen LogP contribution >= 0.6 is 0 Å². The summed E-state index contributed by atoms with van der Waals surface area (Å²) in [5.74, 6) is -5.30. The highest BCUT2D eigenvalue weighted by molar-refractivity contribution is 5.77. The van der Waals surface area contributed by atoms with Crippen LogP contribution in [0.2, 0.25) is 0 Å². The topological polar surface area (TPSA) is 210 Å². The van der Waals surface area contributed by atoms with E-state index in [2.05, 4.69) is 18.9 Å². The van der Waals surface area contributed by atoms with E-state index >= 15 is 0 Å². The number of hydrogen-bond acceptors (Lipinski definition) is 16. The second-order valence-electron chi connectivity index (χ2n) is 24.4. The van der Waals surface area contributed by atoms with Crippen molar-refractivity contribution in [2.24, 2.45) is 22.7 Å². The first-order chi connectivity index (χ1) is 39.6. The van der Waals surface area contributed by atoms with Gasteiger partial charge in [-0.2, -0.15) is 52.7 Å². The number of hydrogen-bond donors (Lipinski definition) is 0. The Morgan fingerprint density at radius 2 is 0.568 bits per heavy atom. The minimum Gasteiger partial charge on any atom is -0.459 e. The van der Waals surface area contributed by atoms with Gasteiger partial charge in [0.05, 0.1) is 22.7 Å². The van der Waals surface area contributed by atoms with Gasteiger partial charge in [-0.1, -0.05) is 55.4 Å². The lowest BCUT2D eigenvalue weighted by molar-refractivity contribution is -0.186. The molecule has 4 unspecified atom stereocenters. The van der Waals surface area contributed by atoms with E-state index in [1.807, 2.05) is 41.5 Å².